The Kier molecular flexibility index (Phi) is 7.71. The largest absolute Gasteiger partial charge is 0.227 e. The summed E-state index contributed by atoms with van der Waals surface area (Å²) >= 11 is 1.74. The van der Waals surface area contributed by atoms with E-state index < -0.39 is 0 Å². The van der Waals surface area contributed by atoms with E-state index in [0.717, 1.165) is 44.0 Å². The molecule has 0 aliphatic heterocycles. The van der Waals surface area contributed by atoms with Crippen LogP contribution in [0.3, 0.4) is 0 Å². The van der Waals surface area contributed by atoms with Crippen molar-refractivity contribution in [1.82, 2.24) is 9.97 Å². The highest BCUT2D eigenvalue weighted by Gasteiger charge is 2.19. The normalized spacial score (nSPS) is 11.4. The summed E-state index contributed by atoms with van der Waals surface area (Å²) in [5.41, 5.74) is 12.5. The van der Waals surface area contributed by atoms with E-state index in [1.807, 2.05) is 18.2 Å². The van der Waals surface area contributed by atoms with Gasteiger partial charge in [0.15, 0.2) is 5.82 Å². The van der Waals surface area contributed by atoms with Crippen molar-refractivity contribution in [2.45, 2.75) is 0 Å². The van der Waals surface area contributed by atoms with Crippen molar-refractivity contribution in [3.8, 4) is 67.2 Å². The van der Waals surface area contributed by atoms with E-state index in [1.54, 1.807) is 11.3 Å². The maximum Gasteiger partial charge on any atom is 0.161 e. The molecule has 0 N–H and O–H groups in total. The maximum atomic E-state index is 5.34. The molecule has 3 heteroatoms. The summed E-state index contributed by atoms with van der Waals surface area (Å²) in [7, 11) is 0. The molecule has 53 heavy (non-hydrogen) atoms. The van der Waals surface area contributed by atoms with Crippen LogP contribution in [0.25, 0.3) is 98.2 Å². The van der Waals surface area contributed by atoms with Gasteiger partial charge in [0.2, 0.25) is 0 Å². The molecule has 0 spiro atoms. The fraction of sp³-hybridized carbons (Fsp3) is 0. The van der Waals surface area contributed by atoms with E-state index in [-0.39, 0.29) is 0 Å². The van der Waals surface area contributed by atoms with Gasteiger partial charge in [-0.2, -0.15) is 0 Å². The Labute approximate surface area is 312 Å². The van der Waals surface area contributed by atoms with Crippen molar-refractivity contribution in [2.75, 3.05) is 0 Å². The fourth-order valence-corrected chi connectivity index (χ4v) is 8.57. The van der Waals surface area contributed by atoms with E-state index in [4.69, 9.17) is 9.97 Å². The lowest BCUT2D eigenvalue weighted by Gasteiger charge is -2.13. The number of rotatable bonds is 6. The van der Waals surface area contributed by atoms with Crippen molar-refractivity contribution in [3.63, 3.8) is 0 Å². The van der Waals surface area contributed by atoms with E-state index in [0.29, 0.717) is 0 Å². The molecular weight excluding hydrogens is 661 g/mol. The summed E-state index contributed by atoms with van der Waals surface area (Å²) in [5.74, 6) is 0.740. The number of fused-ring (bicyclic) bond motifs is 5. The lowest BCUT2D eigenvalue weighted by molar-refractivity contribution is 1.24. The molecule has 0 amide bonds. The summed E-state index contributed by atoms with van der Waals surface area (Å²) < 4.78 is 1.22. The molecule has 8 aromatic carbocycles. The van der Waals surface area contributed by atoms with Gasteiger partial charge < -0.3 is 0 Å². The Morgan fingerprint density at radius 1 is 0.321 bits per heavy atom. The molecule has 2 heterocycles. The minimum atomic E-state index is 0.740. The molecule has 0 radical (unpaired) electrons. The Bertz CT molecular complexity index is 2870. The number of nitrogens with zero attached hydrogens (tertiary/aromatic N) is 2. The predicted octanol–water partition coefficient (Wildman–Crippen LogP) is 14.0. The molecule has 10 aromatic rings. The molecule has 0 aliphatic carbocycles. The number of hydrogen-bond donors (Lipinski definition) is 0. The summed E-state index contributed by atoms with van der Waals surface area (Å²) in [5, 5.41) is 4.77. The zero-order chi connectivity index (χ0) is 35.1. The molecule has 0 saturated carbocycles. The summed E-state index contributed by atoms with van der Waals surface area (Å²) in [6, 6.07) is 69.3. The zero-order valence-electron chi connectivity index (χ0n) is 28.8. The molecule has 0 bridgehead atoms. The van der Waals surface area contributed by atoms with Crippen molar-refractivity contribution in [3.05, 3.63) is 194 Å². The number of hydrogen-bond acceptors (Lipinski definition) is 3. The highest BCUT2D eigenvalue weighted by atomic mass is 32.1. The van der Waals surface area contributed by atoms with Crippen LogP contribution in [0, 0.1) is 0 Å². The monoisotopic (exact) mass is 692 g/mol. The van der Waals surface area contributed by atoms with Crippen LogP contribution in [0.5, 0.6) is 0 Å². The van der Waals surface area contributed by atoms with Crippen molar-refractivity contribution in [2.24, 2.45) is 0 Å². The zero-order valence-corrected chi connectivity index (χ0v) is 29.6. The van der Waals surface area contributed by atoms with Gasteiger partial charge in [-0.15, -0.1) is 11.3 Å². The first-order valence-electron chi connectivity index (χ1n) is 17.9. The minimum Gasteiger partial charge on any atom is -0.227 e. The predicted molar refractivity (Wildman–Crippen MR) is 225 cm³/mol. The van der Waals surface area contributed by atoms with Crippen LogP contribution in [0.1, 0.15) is 0 Å². The Hall–Kier alpha value is -6.68. The highest BCUT2D eigenvalue weighted by molar-refractivity contribution is 7.25. The average molecular weight is 693 g/mol. The summed E-state index contributed by atoms with van der Waals surface area (Å²) in [6.07, 6.45) is 0. The third-order valence-electron chi connectivity index (χ3n) is 10.1. The van der Waals surface area contributed by atoms with Crippen LogP contribution in [0.15, 0.2) is 194 Å². The van der Waals surface area contributed by atoms with E-state index in [1.165, 1.54) is 54.2 Å². The topological polar surface area (TPSA) is 25.8 Å². The van der Waals surface area contributed by atoms with Crippen molar-refractivity contribution in [1.29, 1.82) is 0 Å². The second kappa shape index (κ2) is 13.1. The smallest absolute Gasteiger partial charge is 0.161 e. The van der Waals surface area contributed by atoms with Crippen molar-refractivity contribution < 1.29 is 0 Å². The summed E-state index contributed by atoms with van der Waals surface area (Å²) in [4.78, 5) is 11.5. The fourth-order valence-electron chi connectivity index (χ4n) is 7.48. The Morgan fingerprint density at radius 2 is 0.792 bits per heavy atom. The first-order valence-corrected chi connectivity index (χ1v) is 18.7. The molecule has 0 unspecified atom stereocenters. The number of thiophene rings is 1. The van der Waals surface area contributed by atoms with Gasteiger partial charge in [0.25, 0.3) is 0 Å². The van der Waals surface area contributed by atoms with Crippen LogP contribution >= 0.6 is 11.3 Å². The molecule has 0 aliphatic rings. The maximum absolute atomic E-state index is 5.34. The molecular formula is C50H32N2S. The van der Waals surface area contributed by atoms with Gasteiger partial charge in [-0.3, -0.25) is 0 Å². The molecule has 0 fully saturated rings. The highest BCUT2D eigenvalue weighted by Crippen LogP contribution is 2.43. The minimum absolute atomic E-state index is 0.740. The standard InChI is InChI=1S/C50H32N2S/c1-4-14-33(15-5-1)41-30-42(34-16-6-2-7-17-34)32-43(31-41)39-23-12-21-37(28-39)38-22-13-24-40(29-38)48-47-46-44-25-11-10-18-35(44)26-27-45(46)53-50(47)52-49(51-48)36-19-8-3-9-20-36/h1-32H. The Morgan fingerprint density at radius 3 is 1.43 bits per heavy atom. The van der Waals surface area contributed by atoms with E-state index >= 15 is 0 Å². The molecule has 0 atom stereocenters. The lowest BCUT2D eigenvalue weighted by atomic mass is 9.92. The van der Waals surface area contributed by atoms with Gasteiger partial charge in [0.1, 0.15) is 4.83 Å². The molecule has 2 aromatic heterocycles. The lowest BCUT2D eigenvalue weighted by Crippen LogP contribution is -1.94. The third-order valence-corrected chi connectivity index (χ3v) is 11.1. The first-order chi connectivity index (χ1) is 26.2. The second-order valence-corrected chi connectivity index (χ2v) is 14.4. The third kappa shape index (κ3) is 5.78. The van der Waals surface area contributed by atoms with Crippen LogP contribution in [0.4, 0.5) is 0 Å². The first kappa shape index (κ1) is 31.1. The van der Waals surface area contributed by atoms with Crippen LogP contribution < -0.4 is 0 Å². The van der Waals surface area contributed by atoms with Gasteiger partial charge >= 0.3 is 0 Å². The van der Waals surface area contributed by atoms with Crippen molar-refractivity contribution >= 4 is 42.4 Å². The van der Waals surface area contributed by atoms with Crippen LogP contribution in [0.2, 0.25) is 0 Å². The molecule has 0 saturated heterocycles. The van der Waals surface area contributed by atoms with Crippen LogP contribution in [-0.4, -0.2) is 9.97 Å². The van der Waals surface area contributed by atoms with Gasteiger partial charge in [0.05, 0.1) is 5.69 Å². The van der Waals surface area contributed by atoms with Gasteiger partial charge in [0, 0.05) is 26.6 Å². The average Bonchev–Trinajstić information content (AvgIpc) is 3.63. The van der Waals surface area contributed by atoms with E-state index in [9.17, 15) is 0 Å². The van der Waals surface area contributed by atoms with E-state index in [2.05, 4.69) is 176 Å². The summed E-state index contributed by atoms with van der Waals surface area (Å²) in [6.45, 7) is 0. The quantitative estimate of drug-likeness (QED) is 0.173. The van der Waals surface area contributed by atoms with Gasteiger partial charge in [-0.25, -0.2) is 9.97 Å². The SMILES string of the molecule is c1ccc(-c2cc(-c3ccccc3)cc(-c3cccc(-c4cccc(-c5nc(-c6ccccc6)nc6sc7ccc8ccccc8c7c56)c4)c3)c2)cc1. The van der Waals surface area contributed by atoms with Gasteiger partial charge in [-0.05, 0) is 91.7 Å². The molecule has 10 rings (SSSR count). The number of benzene rings is 8. The molecule has 248 valence electrons. The number of aromatic nitrogens is 2. The Balaban J connectivity index is 1.13. The second-order valence-electron chi connectivity index (χ2n) is 13.4. The van der Waals surface area contributed by atoms with Crippen LogP contribution in [-0.2, 0) is 0 Å². The van der Waals surface area contributed by atoms with Gasteiger partial charge in [-0.1, -0.05) is 158 Å². The molecule has 2 nitrogen and oxygen atoms in total.